The van der Waals surface area contributed by atoms with E-state index in [-0.39, 0.29) is 6.42 Å². The number of amides is 2. The maximum absolute atomic E-state index is 11.5. The van der Waals surface area contributed by atoms with Gasteiger partial charge in [-0.05, 0) is 47.2 Å². The van der Waals surface area contributed by atoms with E-state index < -0.39 is 12.0 Å². The van der Waals surface area contributed by atoms with Gasteiger partial charge in [0.1, 0.15) is 0 Å². The van der Waals surface area contributed by atoms with E-state index in [1.165, 1.54) is 0 Å². The Morgan fingerprint density at radius 2 is 2.11 bits per heavy atom. The predicted molar refractivity (Wildman–Crippen MR) is 78.1 cm³/mol. The van der Waals surface area contributed by atoms with E-state index in [1.807, 2.05) is 6.07 Å². The molecular formula is C11H12ClIN2O3. The van der Waals surface area contributed by atoms with Gasteiger partial charge in [-0.3, -0.25) is 4.79 Å². The number of anilines is 1. The summed E-state index contributed by atoms with van der Waals surface area (Å²) in [6.07, 6.45) is 0.424. The number of carbonyl (C=O) groups excluding carboxylic acids is 1. The zero-order chi connectivity index (χ0) is 13.5. The number of carboxylic acids is 1. The molecule has 0 aliphatic carbocycles. The van der Waals surface area contributed by atoms with Crippen molar-refractivity contribution in [3.05, 3.63) is 26.8 Å². The average molecular weight is 383 g/mol. The van der Waals surface area contributed by atoms with Crippen LogP contribution in [0.2, 0.25) is 5.02 Å². The summed E-state index contributed by atoms with van der Waals surface area (Å²) in [7, 11) is 0. The fraction of sp³-hybridized carbons (Fsp3) is 0.273. The molecule has 1 aromatic rings. The highest BCUT2D eigenvalue weighted by molar-refractivity contribution is 14.1. The molecule has 0 saturated heterocycles. The number of carbonyl (C=O) groups is 2. The number of hydrogen-bond donors (Lipinski definition) is 3. The first kappa shape index (κ1) is 15.0. The lowest BCUT2D eigenvalue weighted by Gasteiger charge is -2.08. The second-order valence-corrected chi connectivity index (χ2v) is 5.16. The largest absolute Gasteiger partial charge is 0.481 e. The molecule has 0 aliphatic heterocycles. The van der Waals surface area contributed by atoms with Crippen LogP contribution in [0.5, 0.6) is 0 Å². The Morgan fingerprint density at radius 3 is 2.72 bits per heavy atom. The van der Waals surface area contributed by atoms with Gasteiger partial charge in [-0.25, -0.2) is 4.79 Å². The standard InChI is InChI=1S/C11H12ClIN2O3/c12-8-6-7(13)3-4-9(8)15-11(18)14-5-1-2-10(16)17/h3-4,6H,1-2,5H2,(H,16,17)(H2,14,15,18). The lowest BCUT2D eigenvalue weighted by atomic mass is 10.3. The molecule has 18 heavy (non-hydrogen) atoms. The summed E-state index contributed by atoms with van der Waals surface area (Å²) < 4.78 is 0.977. The van der Waals surface area contributed by atoms with E-state index >= 15 is 0 Å². The number of nitrogens with one attached hydrogen (secondary N) is 2. The monoisotopic (exact) mass is 382 g/mol. The van der Waals surface area contributed by atoms with Crippen LogP contribution in [-0.2, 0) is 4.79 Å². The first-order valence-electron chi connectivity index (χ1n) is 5.20. The third-order valence-corrected chi connectivity index (χ3v) is 3.02. The molecular weight excluding hydrogens is 370 g/mol. The van der Waals surface area contributed by atoms with Gasteiger partial charge in [0.25, 0.3) is 0 Å². The minimum absolute atomic E-state index is 0.0323. The zero-order valence-corrected chi connectivity index (χ0v) is 12.3. The lowest BCUT2D eigenvalue weighted by Crippen LogP contribution is -2.29. The van der Waals surface area contributed by atoms with E-state index in [0.717, 1.165) is 3.57 Å². The molecule has 0 unspecified atom stereocenters. The predicted octanol–water partition coefficient (Wildman–Crippen LogP) is 2.93. The van der Waals surface area contributed by atoms with Gasteiger partial charge in [0.15, 0.2) is 0 Å². The number of rotatable bonds is 5. The highest BCUT2D eigenvalue weighted by Crippen LogP contribution is 2.23. The molecule has 0 spiro atoms. The van der Waals surface area contributed by atoms with Gasteiger partial charge in [0.05, 0.1) is 10.7 Å². The highest BCUT2D eigenvalue weighted by Gasteiger charge is 2.05. The molecule has 1 rings (SSSR count). The second-order valence-electron chi connectivity index (χ2n) is 3.50. The summed E-state index contributed by atoms with van der Waals surface area (Å²) in [6, 6.07) is 4.87. The fourth-order valence-electron chi connectivity index (χ4n) is 1.20. The van der Waals surface area contributed by atoms with Crippen LogP contribution in [0.25, 0.3) is 0 Å². The fourth-order valence-corrected chi connectivity index (χ4v) is 2.10. The van der Waals surface area contributed by atoms with Gasteiger partial charge in [0, 0.05) is 16.5 Å². The molecule has 0 heterocycles. The molecule has 0 aromatic heterocycles. The maximum atomic E-state index is 11.5. The molecule has 1 aromatic carbocycles. The number of halogens is 2. The van der Waals surface area contributed by atoms with E-state index in [2.05, 4.69) is 33.2 Å². The zero-order valence-electron chi connectivity index (χ0n) is 9.37. The highest BCUT2D eigenvalue weighted by atomic mass is 127. The smallest absolute Gasteiger partial charge is 0.319 e. The third-order valence-electron chi connectivity index (χ3n) is 2.03. The average Bonchev–Trinajstić information content (AvgIpc) is 2.28. The van der Waals surface area contributed by atoms with Gasteiger partial charge in [-0.15, -0.1) is 0 Å². The minimum atomic E-state index is -0.877. The maximum Gasteiger partial charge on any atom is 0.319 e. The Kier molecular flexibility index (Phi) is 6.20. The molecule has 98 valence electrons. The first-order chi connectivity index (χ1) is 8.49. The Balaban J connectivity index is 2.38. The van der Waals surface area contributed by atoms with Crippen molar-refractivity contribution in [2.24, 2.45) is 0 Å². The minimum Gasteiger partial charge on any atom is -0.481 e. The molecule has 0 saturated carbocycles. The molecule has 0 radical (unpaired) electrons. The summed E-state index contributed by atoms with van der Waals surface area (Å²) in [6.45, 7) is 0.306. The van der Waals surface area contributed by atoms with Crippen molar-refractivity contribution < 1.29 is 14.7 Å². The normalized spacial score (nSPS) is 9.89. The van der Waals surface area contributed by atoms with Crippen LogP contribution in [0.1, 0.15) is 12.8 Å². The number of aliphatic carboxylic acids is 1. The van der Waals surface area contributed by atoms with Gasteiger partial charge in [-0.1, -0.05) is 11.6 Å². The van der Waals surface area contributed by atoms with Crippen molar-refractivity contribution in [2.45, 2.75) is 12.8 Å². The van der Waals surface area contributed by atoms with Crippen molar-refractivity contribution in [1.29, 1.82) is 0 Å². The van der Waals surface area contributed by atoms with Crippen molar-refractivity contribution in [3.8, 4) is 0 Å². The van der Waals surface area contributed by atoms with E-state index in [0.29, 0.717) is 23.7 Å². The SMILES string of the molecule is O=C(O)CCCNC(=O)Nc1ccc(I)cc1Cl. The summed E-state index contributed by atoms with van der Waals surface area (Å²) >= 11 is 8.07. The molecule has 0 aliphatic rings. The Hall–Kier alpha value is -1.02. The molecule has 3 N–H and O–H groups in total. The number of hydrogen-bond acceptors (Lipinski definition) is 2. The van der Waals surface area contributed by atoms with Crippen LogP contribution in [-0.4, -0.2) is 23.7 Å². The van der Waals surface area contributed by atoms with Gasteiger partial charge in [-0.2, -0.15) is 0 Å². The molecule has 7 heteroatoms. The van der Waals surface area contributed by atoms with Crippen molar-refractivity contribution in [2.75, 3.05) is 11.9 Å². The van der Waals surface area contributed by atoms with Crippen LogP contribution < -0.4 is 10.6 Å². The molecule has 5 nitrogen and oxygen atoms in total. The van der Waals surface area contributed by atoms with Crippen LogP contribution in [0.3, 0.4) is 0 Å². The van der Waals surface area contributed by atoms with Gasteiger partial charge in [0.2, 0.25) is 0 Å². The Labute approximate surface area is 123 Å². The van der Waals surface area contributed by atoms with Crippen molar-refractivity contribution in [1.82, 2.24) is 5.32 Å². The number of carboxylic acid groups (broad SMARTS) is 1. The number of benzene rings is 1. The van der Waals surface area contributed by atoms with E-state index in [9.17, 15) is 9.59 Å². The number of urea groups is 1. The molecule has 2 amide bonds. The lowest BCUT2D eigenvalue weighted by molar-refractivity contribution is -0.137. The van der Waals surface area contributed by atoms with Crippen molar-refractivity contribution in [3.63, 3.8) is 0 Å². The third kappa shape index (κ3) is 5.54. The topological polar surface area (TPSA) is 78.4 Å². The van der Waals surface area contributed by atoms with E-state index in [4.69, 9.17) is 16.7 Å². The van der Waals surface area contributed by atoms with Gasteiger partial charge >= 0.3 is 12.0 Å². The second kappa shape index (κ2) is 7.42. The summed E-state index contributed by atoms with van der Waals surface area (Å²) in [5.41, 5.74) is 0.521. The molecule has 0 bridgehead atoms. The van der Waals surface area contributed by atoms with Gasteiger partial charge < -0.3 is 15.7 Å². The van der Waals surface area contributed by atoms with Crippen LogP contribution in [0, 0.1) is 3.57 Å². The molecule has 0 atom stereocenters. The summed E-state index contributed by atoms with van der Waals surface area (Å²) in [5.74, 6) is -0.877. The Bertz CT molecular complexity index is 454. The van der Waals surface area contributed by atoms with Crippen molar-refractivity contribution >= 4 is 51.9 Å². The first-order valence-corrected chi connectivity index (χ1v) is 6.66. The Morgan fingerprint density at radius 1 is 1.39 bits per heavy atom. The van der Waals surface area contributed by atoms with E-state index in [1.54, 1.807) is 12.1 Å². The van der Waals surface area contributed by atoms with Crippen LogP contribution >= 0.6 is 34.2 Å². The summed E-state index contributed by atoms with van der Waals surface area (Å²) in [4.78, 5) is 21.7. The summed E-state index contributed by atoms with van der Waals surface area (Å²) in [5, 5.41) is 14.0. The quantitative estimate of drug-likeness (QED) is 0.541. The molecule has 0 fully saturated rings. The van der Waals surface area contributed by atoms with Crippen LogP contribution in [0.15, 0.2) is 18.2 Å². The van der Waals surface area contributed by atoms with Crippen LogP contribution in [0.4, 0.5) is 10.5 Å².